The number of rotatable bonds is 6. The maximum absolute atomic E-state index is 13.1. The lowest BCUT2D eigenvalue weighted by Crippen LogP contribution is -2.29. The Morgan fingerprint density at radius 2 is 2.00 bits per heavy atom. The normalized spacial score (nSPS) is 13.8. The maximum atomic E-state index is 13.1. The molecular weight excluding hydrogens is 445 g/mol. The van der Waals surface area contributed by atoms with Crippen molar-refractivity contribution in [1.29, 1.82) is 0 Å². The molecule has 0 bridgehead atoms. The third-order valence-corrected chi connectivity index (χ3v) is 7.71. The average Bonchev–Trinajstić information content (AvgIpc) is 3.38. The van der Waals surface area contributed by atoms with E-state index >= 15 is 0 Å². The second-order valence-electron chi connectivity index (χ2n) is 7.60. The third kappa shape index (κ3) is 4.26. The topological polar surface area (TPSA) is 54.5 Å². The number of benzene rings is 2. The number of hydrogen-bond acceptors (Lipinski definition) is 6. The van der Waals surface area contributed by atoms with Gasteiger partial charge in [-0.15, -0.1) is 22.7 Å². The van der Waals surface area contributed by atoms with Crippen molar-refractivity contribution in [3.05, 3.63) is 64.8 Å². The molecule has 0 radical (unpaired) electrons. The van der Waals surface area contributed by atoms with Gasteiger partial charge in [0.2, 0.25) is 0 Å². The van der Waals surface area contributed by atoms with Crippen LogP contribution in [0.25, 0.3) is 20.8 Å². The van der Waals surface area contributed by atoms with Gasteiger partial charge in [-0.1, -0.05) is 19.1 Å². The number of thiazole rings is 1. The number of amides is 1. The van der Waals surface area contributed by atoms with Crippen molar-refractivity contribution >= 4 is 43.8 Å². The lowest BCUT2D eigenvalue weighted by atomic mass is 10.0. The summed E-state index contributed by atoms with van der Waals surface area (Å²) in [5, 5.41) is 4.81. The van der Waals surface area contributed by atoms with E-state index in [1.807, 2.05) is 18.2 Å². The van der Waals surface area contributed by atoms with Crippen molar-refractivity contribution in [2.45, 2.75) is 19.9 Å². The zero-order valence-electron chi connectivity index (χ0n) is 17.6. The molecule has 5 rings (SSSR count). The van der Waals surface area contributed by atoms with E-state index in [9.17, 15) is 9.18 Å². The minimum Gasteiger partial charge on any atom is -0.484 e. The Labute approximate surface area is 193 Å². The summed E-state index contributed by atoms with van der Waals surface area (Å²) in [6, 6.07) is 13.7. The fraction of sp³-hybridized carbons (Fsp3) is 0.250. The van der Waals surface area contributed by atoms with E-state index in [4.69, 9.17) is 9.72 Å². The molecule has 2 aromatic carbocycles. The summed E-state index contributed by atoms with van der Waals surface area (Å²) in [5.41, 5.74) is 3.29. The Hall–Kier alpha value is -2.81. The van der Waals surface area contributed by atoms with E-state index < -0.39 is 0 Å². The van der Waals surface area contributed by atoms with E-state index in [1.54, 1.807) is 22.7 Å². The molecule has 0 spiro atoms. The summed E-state index contributed by atoms with van der Waals surface area (Å²) in [5.74, 6) is -0.132. The standard InChI is InChI=1S/C24H22FN3O2S2/c1-2-28-12-11-17-20(13-28)32-24(22(17)23-26-18-5-3-4-6-19(18)31-23)27-21(29)14-30-16-9-7-15(25)8-10-16/h3-10H,2,11-14H2,1H3,(H,27,29). The number of halogens is 1. The monoisotopic (exact) mass is 467 g/mol. The number of aromatic nitrogens is 1. The summed E-state index contributed by atoms with van der Waals surface area (Å²) in [4.78, 5) is 21.3. The van der Waals surface area contributed by atoms with Gasteiger partial charge in [0.1, 0.15) is 21.6 Å². The Bertz CT molecular complexity index is 1230. The quantitative estimate of drug-likeness (QED) is 0.403. The fourth-order valence-electron chi connectivity index (χ4n) is 3.86. The van der Waals surface area contributed by atoms with Gasteiger partial charge < -0.3 is 10.1 Å². The van der Waals surface area contributed by atoms with E-state index in [1.165, 1.54) is 34.7 Å². The van der Waals surface area contributed by atoms with Crippen LogP contribution in [0.4, 0.5) is 9.39 Å². The second-order valence-corrected chi connectivity index (χ2v) is 9.74. The molecule has 2 aromatic heterocycles. The molecular formula is C24H22FN3O2S2. The van der Waals surface area contributed by atoms with Crippen LogP contribution in [0, 0.1) is 5.82 Å². The van der Waals surface area contributed by atoms with Crippen LogP contribution >= 0.6 is 22.7 Å². The minimum atomic E-state index is -0.340. The highest BCUT2D eigenvalue weighted by Crippen LogP contribution is 2.45. The Balaban J connectivity index is 1.43. The molecule has 8 heteroatoms. The SMILES string of the molecule is CCN1CCc2c(sc(NC(=O)COc3ccc(F)cc3)c2-c2nc3ccccc3s2)C1. The highest BCUT2D eigenvalue weighted by Gasteiger charge is 2.27. The van der Waals surface area contributed by atoms with E-state index in [0.29, 0.717) is 5.75 Å². The van der Waals surface area contributed by atoms with Crippen LogP contribution in [-0.2, 0) is 17.8 Å². The molecule has 0 saturated carbocycles. The van der Waals surface area contributed by atoms with Gasteiger partial charge in [0.25, 0.3) is 5.91 Å². The first kappa shape index (κ1) is 21.1. The molecule has 0 fully saturated rings. The van der Waals surface area contributed by atoms with Gasteiger partial charge in [-0.2, -0.15) is 0 Å². The van der Waals surface area contributed by atoms with Gasteiger partial charge in [-0.05, 0) is 54.9 Å². The number of nitrogens with one attached hydrogen (secondary N) is 1. The fourth-order valence-corrected chi connectivity index (χ4v) is 6.28. The minimum absolute atomic E-state index is 0.144. The van der Waals surface area contributed by atoms with Crippen molar-refractivity contribution in [2.75, 3.05) is 25.0 Å². The number of carbonyl (C=O) groups is 1. The van der Waals surface area contributed by atoms with Crippen LogP contribution in [-0.4, -0.2) is 35.5 Å². The van der Waals surface area contributed by atoms with Crippen LogP contribution in [0.15, 0.2) is 48.5 Å². The largest absolute Gasteiger partial charge is 0.484 e. The van der Waals surface area contributed by atoms with Crippen molar-refractivity contribution < 1.29 is 13.9 Å². The Morgan fingerprint density at radius 1 is 1.19 bits per heavy atom. The van der Waals surface area contributed by atoms with Gasteiger partial charge in [-0.25, -0.2) is 9.37 Å². The molecule has 164 valence electrons. The highest BCUT2D eigenvalue weighted by molar-refractivity contribution is 7.22. The number of ether oxygens (including phenoxy) is 1. The van der Waals surface area contributed by atoms with Crippen LogP contribution in [0.2, 0.25) is 0 Å². The molecule has 4 aromatic rings. The highest BCUT2D eigenvalue weighted by atomic mass is 32.1. The molecule has 3 heterocycles. The first-order chi connectivity index (χ1) is 15.6. The van der Waals surface area contributed by atoms with Crippen LogP contribution in [0.3, 0.4) is 0 Å². The molecule has 32 heavy (non-hydrogen) atoms. The van der Waals surface area contributed by atoms with Crippen molar-refractivity contribution in [1.82, 2.24) is 9.88 Å². The van der Waals surface area contributed by atoms with Gasteiger partial charge in [0.05, 0.1) is 10.2 Å². The molecule has 5 nitrogen and oxygen atoms in total. The third-order valence-electron chi connectivity index (χ3n) is 5.53. The van der Waals surface area contributed by atoms with E-state index in [0.717, 1.165) is 51.8 Å². The summed E-state index contributed by atoms with van der Waals surface area (Å²) < 4.78 is 19.7. The van der Waals surface area contributed by atoms with Crippen molar-refractivity contribution in [2.24, 2.45) is 0 Å². The van der Waals surface area contributed by atoms with E-state index in [2.05, 4.69) is 23.2 Å². The van der Waals surface area contributed by atoms with Gasteiger partial charge in [-0.3, -0.25) is 9.69 Å². The van der Waals surface area contributed by atoms with Crippen molar-refractivity contribution in [3.8, 4) is 16.3 Å². The zero-order valence-corrected chi connectivity index (χ0v) is 19.2. The first-order valence-electron chi connectivity index (χ1n) is 10.5. The van der Waals surface area contributed by atoms with Crippen molar-refractivity contribution in [3.63, 3.8) is 0 Å². The maximum Gasteiger partial charge on any atom is 0.262 e. The zero-order chi connectivity index (χ0) is 22.1. The summed E-state index contributed by atoms with van der Waals surface area (Å²) in [6.45, 7) is 4.91. The molecule has 0 aliphatic carbocycles. The molecule has 0 saturated heterocycles. The smallest absolute Gasteiger partial charge is 0.262 e. The summed E-state index contributed by atoms with van der Waals surface area (Å²) in [6.07, 6.45) is 0.937. The van der Waals surface area contributed by atoms with Crippen LogP contribution in [0.5, 0.6) is 5.75 Å². The van der Waals surface area contributed by atoms with Gasteiger partial charge in [0.15, 0.2) is 6.61 Å². The number of carbonyl (C=O) groups excluding carboxylic acids is 1. The van der Waals surface area contributed by atoms with Gasteiger partial charge >= 0.3 is 0 Å². The first-order valence-corrected chi connectivity index (χ1v) is 12.1. The summed E-state index contributed by atoms with van der Waals surface area (Å²) in [7, 11) is 0. The number of anilines is 1. The van der Waals surface area contributed by atoms with E-state index in [-0.39, 0.29) is 18.3 Å². The number of para-hydroxylation sites is 1. The number of hydrogen-bond donors (Lipinski definition) is 1. The number of thiophene rings is 1. The van der Waals surface area contributed by atoms with Crippen LogP contribution in [0.1, 0.15) is 17.4 Å². The predicted octanol–water partition coefficient (Wildman–Crippen LogP) is 5.56. The second kappa shape index (κ2) is 8.97. The molecule has 1 aliphatic heterocycles. The average molecular weight is 468 g/mol. The molecule has 1 N–H and O–H groups in total. The molecule has 0 atom stereocenters. The lowest BCUT2D eigenvalue weighted by Gasteiger charge is -2.25. The Morgan fingerprint density at radius 3 is 2.78 bits per heavy atom. The summed E-state index contributed by atoms with van der Waals surface area (Å²) >= 11 is 3.28. The molecule has 1 amide bonds. The number of likely N-dealkylation sites (N-methyl/N-ethyl adjacent to an activating group) is 1. The predicted molar refractivity (Wildman–Crippen MR) is 128 cm³/mol. The Kier molecular flexibility index (Phi) is 5.91. The number of fused-ring (bicyclic) bond motifs is 2. The molecule has 1 aliphatic rings. The number of nitrogens with zero attached hydrogens (tertiary/aromatic N) is 2. The lowest BCUT2D eigenvalue weighted by molar-refractivity contribution is -0.118. The molecule has 0 unspecified atom stereocenters. The van der Waals surface area contributed by atoms with Gasteiger partial charge in [0, 0.05) is 23.5 Å². The van der Waals surface area contributed by atoms with Crippen LogP contribution < -0.4 is 10.1 Å².